The molecule has 0 heterocycles. The minimum Gasteiger partial charge on any atom is -0.387 e. The zero-order valence-electron chi connectivity index (χ0n) is 13.3. The minimum atomic E-state index is -0.857. The van der Waals surface area contributed by atoms with Gasteiger partial charge >= 0.3 is 0 Å². The first-order valence-electron chi connectivity index (χ1n) is 7.51. The van der Waals surface area contributed by atoms with Crippen LogP contribution in [-0.4, -0.2) is 23.5 Å². The highest BCUT2D eigenvalue weighted by molar-refractivity contribution is 6.31. The topological polar surface area (TPSA) is 78.4 Å². The highest BCUT2D eigenvalue weighted by atomic mass is 35.5. The van der Waals surface area contributed by atoms with Crippen molar-refractivity contribution in [3.8, 4) is 0 Å². The molecule has 0 spiro atoms. The fourth-order valence-electron chi connectivity index (χ4n) is 2.22. The van der Waals surface area contributed by atoms with Gasteiger partial charge in [0.05, 0.1) is 12.5 Å². The third kappa shape index (κ3) is 5.37. The maximum absolute atomic E-state index is 12.0. The van der Waals surface area contributed by atoms with Crippen molar-refractivity contribution in [2.75, 3.05) is 11.9 Å². The fourth-order valence-corrected chi connectivity index (χ4v) is 2.48. The monoisotopic (exact) mass is 346 g/mol. The van der Waals surface area contributed by atoms with Gasteiger partial charge in [-0.25, -0.2) is 0 Å². The lowest BCUT2D eigenvalue weighted by atomic mass is 10.1. The molecule has 2 aromatic carbocycles. The molecule has 0 aliphatic rings. The minimum absolute atomic E-state index is 0.0898. The summed E-state index contributed by atoms with van der Waals surface area (Å²) in [5.41, 5.74) is 2.08. The fraction of sp³-hybridized carbons (Fsp3) is 0.222. The van der Waals surface area contributed by atoms with E-state index in [-0.39, 0.29) is 24.8 Å². The second-order valence-electron chi connectivity index (χ2n) is 5.40. The van der Waals surface area contributed by atoms with Crippen molar-refractivity contribution >= 4 is 29.1 Å². The maximum Gasteiger partial charge on any atom is 0.224 e. The average Bonchev–Trinajstić information content (AvgIpc) is 2.54. The van der Waals surface area contributed by atoms with E-state index in [4.69, 9.17) is 11.6 Å². The zero-order valence-corrected chi connectivity index (χ0v) is 14.0. The predicted octanol–water partition coefficient (Wildman–Crippen LogP) is 2.69. The van der Waals surface area contributed by atoms with Crippen LogP contribution >= 0.6 is 11.6 Å². The normalized spacial score (nSPS) is 11.6. The SMILES string of the molecule is CC(=O)Nc1ccc(CC(=O)NCC(O)c2ccccc2Cl)cc1. The molecule has 0 saturated heterocycles. The van der Waals surface area contributed by atoms with Crippen molar-refractivity contribution in [3.05, 3.63) is 64.7 Å². The molecule has 0 fully saturated rings. The molecule has 24 heavy (non-hydrogen) atoms. The van der Waals surface area contributed by atoms with Crippen LogP contribution in [0.15, 0.2) is 48.5 Å². The molecule has 3 N–H and O–H groups in total. The molecule has 0 bridgehead atoms. The largest absolute Gasteiger partial charge is 0.387 e. The van der Waals surface area contributed by atoms with Gasteiger partial charge in [0.2, 0.25) is 11.8 Å². The van der Waals surface area contributed by atoms with E-state index < -0.39 is 6.10 Å². The number of rotatable bonds is 6. The Morgan fingerprint density at radius 2 is 1.79 bits per heavy atom. The molecule has 2 rings (SSSR count). The van der Waals surface area contributed by atoms with Gasteiger partial charge in [0.25, 0.3) is 0 Å². The van der Waals surface area contributed by atoms with Gasteiger partial charge in [-0.3, -0.25) is 9.59 Å². The first kappa shape index (κ1) is 18.0. The van der Waals surface area contributed by atoms with E-state index in [2.05, 4.69) is 10.6 Å². The molecule has 1 unspecified atom stereocenters. The molecule has 2 amide bonds. The number of benzene rings is 2. The van der Waals surface area contributed by atoms with Crippen LogP contribution < -0.4 is 10.6 Å². The lowest BCUT2D eigenvalue weighted by Crippen LogP contribution is -2.29. The average molecular weight is 347 g/mol. The van der Waals surface area contributed by atoms with Gasteiger partial charge in [0.15, 0.2) is 0 Å². The van der Waals surface area contributed by atoms with Crippen LogP contribution in [0.2, 0.25) is 5.02 Å². The summed E-state index contributed by atoms with van der Waals surface area (Å²) in [6.45, 7) is 1.53. The first-order valence-corrected chi connectivity index (χ1v) is 7.89. The number of halogens is 1. The highest BCUT2D eigenvalue weighted by Crippen LogP contribution is 2.21. The Hall–Kier alpha value is -2.37. The Morgan fingerprint density at radius 1 is 1.12 bits per heavy atom. The lowest BCUT2D eigenvalue weighted by Gasteiger charge is -2.13. The van der Waals surface area contributed by atoms with E-state index in [0.717, 1.165) is 5.56 Å². The van der Waals surface area contributed by atoms with E-state index in [9.17, 15) is 14.7 Å². The number of aliphatic hydroxyl groups is 1. The summed E-state index contributed by atoms with van der Waals surface area (Å²) in [6, 6.07) is 14.0. The predicted molar refractivity (Wildman–Crippen MR) is 93.9 cm³/mol. The Morgan fingerprint density at radius 3 is 2.42 bits per heavy atom. The second kappa shape index (κ2) is 8.47. The quantitative estimate of drug-likeness (QED) is 0.752. The van der Waals surface area contributed by atoms with Crippen LogP contribution in [0.1, 0.15) is 24.2 Å². The molecule has 5 nitrogen and oxygen atoms in total. The maximum atomic E-state index is 12.0. The van der Waals surface area contributed by atoms with Gasteiger partial charge in [-0.05, 0) is 23.8 Å². The number of hydrogen-bond donors (Lipinski definition) is 3. The molecule has 0 saturated carbocycles. The van der Waals surface area contributed by atoms with Crippen LogP contribution in [0.3, 0.4) is 0 Å². The summed E-state index contributed by atoms with van der Waals surface area (Å²) in [4.78, 5) is 22.9. The van der Waals surface area contributed by atoms with Gasteiger partial charge in [0, 0.05) is 29.7 Å². The van der Waals surface area contributed by atoms with E-state index in [1.807, 2.05) is 0 Å². The van der Waals surface area contributed by atoms with Crippen LogP contribution in [-0.2, 0) is 16.0 Å². The third-order valence-corrected chi connectivity index (χ3v) is 3.74. The van der Waals surface area contributed by atoms with Crippen molar-refractivity contribution in [1.82, 2.24) is 5.32 Å². The van der Waals surface area contributed by atoms with Gasteiger partial charge in [-0.1, -0.05) is 41.9 Å². The summed E-state index contributed by atoms with van der Waals surface area (Å²) in [6.07, 6.45) is -0.667. The lowest BCUT2D eigenvalue weighted by molar-refractivity contribution is -0.121. The van der Waals surface area contributed by atoms with Crippen molar-refractivity contribution in [2.45, 2.75) is 19.4 Å². The number of nitrogens with one attached hydrogen (secondary N) is 2. The Bertz CT molecular complexity index is 716. The Balaban J connectivity index is 1.85. The molecular weight excluding hydrogens is 328 g/mol. The van der Waals surface area contributed by atoms with E-state index in [1.165, 1.54) is 6.92 Å². The molecule has 0 aliphatic heterocycles. The van der Waals surface area contributed by atoms with Gasteiger partial charge in [0.1, 0.15) is 0 Å². The number of aliphatic hydroxyl groups excluding tert-OH is 1. The van der Waals surface area contributed by atoms with Crippen LogP contribution in [0.25, 0.3) is 0 Å². The Labute approximate surface area is 145 Å². The number of amides is 2. The highest BCUT2D eigenvalue weighted by Gasteiger charge is 2.12. The van der Waals surface area contributed by atoms with Gasteiger partial charge in [-0.2, -0.15) is 0 Å². The first-order chi connectivity index (χ1) is 11.5. The number of carbonyl (C=O) groups excluding carboxylic acids is 2. The van der Waals surface area contributed by atoms with Crippen LogP contribution in [0.5, 0.6) is 0 Å². The van der Waals surface area contributed by atoms with Crippen molar-refractivity contribution in [3.63, 3.8) is 0 Å². The molecule has 0 radical (unpaired) electrons. The summed E-state index contributed by atoms with van der Waals surface area (Å²) in [5.74, 6) is -0.345. The molecular formula is C18H19ClN2O3. The molecule has 2 aromatic rings. The van der Waals surface area contributed by atoms with Crippen molar-refractivity contribution < 1.29 is 14.7 Å². The zero-order chi connectivity index (χ0) is 17.5. The molecule has 1 atom stereocenters. The second-order valence-corrected chi connectivity index (χ2v) is 5.80. The van der Waals surface area contributed by atoms with Crippen molar-refractivity contribution in [2.24, 2.45) is 0 Å². The number of carbonyl (C=O) groups is 2. The van der Waals surface area contributed by atoms with Crippen LogP contribution in [0, 0.1) is 0 Å². The summed E-state index contributed by atoms with van der Waals surface area (Å²) < 4.78 is 0. The standard InChI is InChI=1S/C18H19ClN2O3/c1-12(22)21-14-8-6-13(7-9-14)10-18(24)20-11-17(23)15-4-2-3-5-16(15)19/h2-9,17,23H,10-11H2,1H3,(H,20,24)(H,21,22). The molecule has 0 aromatic heterocycles. The summed E-state index contributed by atoms with van der Waals surface area (Å²) in [7, 11) is 0. The van der Waals surface area contributed by atoms with E-state index >= 15 is 0 Å². The third-order valence-electron chi connectivity index (χ3n) is 3.40. The van der Waals surface area contributed by atoms with E-state index in [1.54, 1.807) is 48.5 Å². The van der Waals surface area contributed by atoms with Gasteiger partial charge < -0.3 is 15.7 Å². The molecule has 126 valence electrons. The Kier molecular flexibility index (Phi) is 6.35. The van der Waals surface area contributed by atoms with Crippen molar-refractivity contribution in [1.29, 1.82) is 0 Å². The number of anilines is 1. The molecule has 0 aliphatic carbocycles. The smallest absolute Gasteiger partial charge is 0.224 e. The van der Waals surface area contributed by atoms with Crippen LogP contribution in [0.4, 0.5) is 5.69 Å². The number of hydrogen-bond acceptors (Lipinski definition) is 3. The molecule has 6 heteroatoms. The van der Waals surface area contributed by atoms with Gasteiger partial charge in [-0.15, -0.1) is 0 Å². The summed E-state index contributed by atoms with van der Waals surface area (Å²) >= 11 is 6.01. The summed E-state index contributed by atoms with van der Waals surface area (Å²) in [5, 5.41) is 15.9. The van der Waals surface area contributed by atoms with E-state index in [0.29, 0.717) is 16.3 Å².